The van der Waals surface area contributed by atoms with E-state index in [4.69, 9.17) is 8.92 Å². The van der Waals surface area contributed by atoms with E-state index in [0.717, 1.165) is 6.07 Å². The molecular formula is C22H26N4O7S. The number of nitrogens with zero attached hydrogens (tertiary/aromatic N) is 1. The van der Waals surface area contributed by atoms with Crippen LogP contribution < -0.4 is 20.1 Å². The Morgan fingerprint density at radius 1 is 0.971 bits per heavy atom. The number of alkyl carbamates (subject to hydrolysis) is 1. The minimum absolute atomic E-state index is 0.0687. The van der Waals surface area contributed by atoms with Crippen molar-refractivity contribution in [1.29, 1.82) is 0 Å². The normalized spacial score (nSPS) is 11.5. The van der Waals surface area contributed by atoms with E-state index in [9.17, 15) is 22.8 Å². The van der Waals surface area contributed by atoms with Gasteiger partial charge in [0.2, 0.25) is 17.8 Å². The zero-order valence-electron chi connectivity index (χ0n) is 19.1. The summed E-state index contributed by atoms with van der Waals surface area (Å²) in [5.74, 6) is -1.15. The van der Waals surface area contributed by atoms with Crippen molar-refractivity contribution in [1.82, 2.24) is 10.6 Å². The zero-order valence-corrected chi connectivity index (χ0v) is 19.9. The maximum Gasteiger partial charge on any atom is 0.413 e. The van der Waals surface area contributed by atoms with Crippen LogP contribution in [0.3, 0.4) is 0 Å². The van der Waals surface area contributed by atoms with Crippen LogP contribution in [0.25, 0.3) is 0 Å². The summed E-state index contributed by atoms with van der Waals surface area (Å²) in [5.41, 5.74) is 0.0622. The molecule has 0 atom stereocenters. The van der Waals surface area contributed by atoms with Crippen molar-refractivity contribution < 1.29 is 31.7 Å². The Kier molecular flexibility index (Phi) is 9.13. The molecule has 0 aromatic heterocycles. The van der Waals surface area contributed by atoms with Crippen molar-refractivity contribution in [3.8, 4) is 5.75 Å². The molecule has 11 nitrogen and oxygen atoms in total. The van der Waals surface area contributed by atoms with Crippen LogP contribution in [-0.4, -0.2) is 38.9 Å². The fourth-order valence-corrected chi connectivity index (χ4v) is 3.41. The van der Waals surface area contributed by atoms with Crippen LogP contribution in [0.2, 0.25) is 0 Å². The molecule has 2 rings (SSSR count). The van der Waals surface area contributed by atoms with Crippen LogP contribution >= 0.6 is 0 Å². The molecule has 3 amide bonds. The van der Waals surface area contributed by atoms with Gasteiger partial charge < -0.3 is 14.2 Å². The average Bonchev–Trinajstić information content (AvgIpc) is 2.73. The Hall–Kier alpha value is -3.93. The first-order chi connectivity index (χ1) is 16.0. The molecule has 0 aliphatic heterocycles. The summed E-state index contributed by atoms with van der Waals surface area (Å²) in [6.07, 6.45) is -0.876. The summed E-state index contributed by atoms with van der Waals surface area (Å²) >= 11 is 0. The molecule has 0 aliphatic rings. The molecule has 182 valence electrons. The predicted molar refractivity (Wildman–Crippen MR) is 125 cm³/mol. The smallest absolute Gasteiger partial charge is 0.413 e. The summed E-state index contributed by atoms with van der Waals surface area (Å²) < 4.78 is 35.7. The highest BCUT2D eigenvalue weighted by atomic mass is 32.2. The van der Waals surface area contributed by atoms with E-state index in [0.29, 0.717) is 0 Å². The third kappa shape index (κ3) is 8.54. The van der Waals surface area contributed by atoms with Crippen molar-refractivity contribution in [2.75, 3.05) is 11.9 Å². The molecule has 0 aliphatic carbocycles. The summed E-state index contributed by atoms with van der Waals surface area (Å²) in [6, 6.07) is 11.6. The second kappa shape index (κ2) is 11.8. The van der Waals surface area contributed by atoms with Crippen LogP contribution in [0.5, 0.6) is 5.75 Å². The van der Waals surface area contributed by atoms with Gasteiger partial charge in [0.05, 0.1) is 18.0 Å². The SMILES string of the molecule is CC(=O)NC(=Nc1cc(S(=O)(=O)Oc2ccccc2)ccc1NC(C)=O)NC(=O)OCC(C)C. The number of benzene rings is 2. The standard InChI is InChI=1S/C22H26N4O7S/c1-14(2)13-32-22(29)26-21(24-16(4)28)25-20-12-18(10-11-19(20)23-15(3)27)34(30,31)33-17-8-6-5-7-9-17/h5-12,14H,13H2,1-4H3,(H,23,27)(H2,24,25,26,28,29). The van der Waals surface area contributed by atoms with Gasteiger partial charge >= 0.3 is 16.2 Å². The van der Waals surface area contributed by atoms with Gasteiger partial charge in [-0.2, -0.15) is 8.42 Å². The van der Waals surface area contributed by atoms with E-state index in [-0.39, 0.29) is 40.5 Å². The van der Waals surface area contributed by atoms with Gasteiger partial charge in [-0.15, -0.1) is 0 Å². The fourth-order valence-electron chi connectivity index (χ4n) is 2.46. The molecular weight excluding hydrogens is 464 g/mol. The van der Waals surface area contributed by atoms with E-state index in [1.54, 1.807) is 18.2 Å². The molecule has 2 aromatic rings. The highest BCUT2D eigenvalue weighted by Crippen LogP contribution is 2.30. The first kappa shape index (κ1) is 26.3. The first-order valence-corrected chi connectivity index (χ1v) is 11.6. The summed E-state index contributed by atoms with van der Waals surface area (Å²) in [5, 5.41) is 7.14. The minimum atomic E-state index is -4.26. The van der Waals surface area contributed by atoms with Gasteiger partial charge in [-0.05, 0) is 36.2 Å². The number of rotatable bonds is 7. The summed E-state index contributed by atoms with van der Waals surface area (Å²) in [4.78, 5) is 39.2. The minimum Gasteiger partial charge on any atom is -0.449 e. The molecule has 0 heterocycles. The Morgan fingerprint density at radius 3 is 2.24 bits per heavy atom. The molecule has 0 radical (unpaired) electrons. The number of hydrogen-bond donors (Lipinski definition) is 3. The molecule has 0 bridgehead atoms. The highest BCUT2D eigenvalue weighted by molar-refractivity contribution is 7.87. The van der Waals surface area contributed by atoms with E-state index in [1.807, 2.05) is 13.8 Å². The van der Waals surface area contributed by atoms with E-state index in [2.05, 4.69) is 20.9 Å². The summed E-state index contributed by atoms with van der Waals surface area (Å²) in [6.45, 7) is 6.27. The van der Waals surface area contributed by atoms with Crippen LogP contribution in [0.4, 0.5) is 16.2 Å². The Bertz CT molecular complexity index is 1180. The number of anilines is 1. The molecule has 0 saturated carbocycles. The topological polar surface area (TPSA) is 152 Å². The van der Waals surface area contributed by atoms with Crippen LogP contribution in [0, 0.1) is 5.92 Å². The third-order valence-corrected chi connectivity index (χ3v) is 5.06. The van der Waals surface area contributed by atoms with Gasteiger partial charge in [-0.3, -0.25) is 20.2 Å². The lowest BCUT2D eigenvalue weighted by Crippen LogP contribution is -2.43. The number of carbonyl (C=O) groups is 3. The Morgan fingerprint density at radius 2 is 1.65 bits per heavy atom. The number of amides is 3. The average molecular weight is 491 g/mol. The lowest BCUT2D eigenvalue weighted by atomic mass is 10.2. The maximum atomic E-state index is 12.8. The largest absolute Gasteiger partial charge is 0.449 e. The summed E-state index contributed by atoms with van der Waals surface area (Å²) in [7, 11) is -4.26. The zero-order chi connectivity index (χ0) is 25.3. The monoisotopic (exact) mass is 490 g/mol. The lowest BCUT2D eigenvalue weighted by Gasteiger charge is -2.14. The van der Waals surface area contributed by atoms with Gasteiger partial charge in [0, 0.05) is 13.8 Å². The molecule has 2 aromatic carbocycles. The van der Waals surface area contributed by atoms with Crippen LogP contribution in [0.15, 0.2) is 58.4 Å². The number of ether oxygens (including phenoxy) is 1. The van der Waals surface area contributed by atoms with Crippen LogP contribution in [0.1, 0.15) is 27.7 Å². The van der Waals surface area contributed by atoms with Gasteiger partial charge in [0.15, 0.2) is 0 Å². The fraction of sp³-hybridized carbons (Fsp3) is 0.273. The Balaban J connectivity index is 2.46. The lowest BCUT2D eigenvalue weighted by molar-refractivity contribution is -0.117. The predicted octanol–water partition coefficient (Wildman–Crippen LogP) is 2.92. The van der Waals surface area contributed by atoms with Gasteiger partial charge in [0.1, 0.15) is 10.6 Å². The molecule has 0 unspecified atom stereocenters. The van der Waals surface area contributed by atoms with E-state index >= 15 is 0 Å². The second-order valence-electron chi connectivity index (χ2n) is 7.47. The molecule has 0 fully saturated rings. The molecule has 12 heteroatoms. The van der Waals surface area contributed by atoms with Gasteiger partial charge in [-0.1, -0.05) is 32.0 Å². The molecule has 34 heavy (non-hydrogen) atoms. The number of hydrogen-bond acceptors (Lipinski definition) is 8. The number of aliphatic imine (C=N–C) groups is 1. The van der Waals surface area contributed by atoms with Crippen molar-refractivity contribution in [2.24, 2.45) is 10.9 Å². The van der Waals surface area contributed by atoms with Crippen molar-refractivity contribution in [2.45, 2.75) is 32.6 Å². The number of carbonyl (C=O) groups excluding carboxylic acids is 3. The van der Waals surface area contributed by atoms with Crippen molar-refractivity contribution in [3.05, 3.63) is 48.5 Å². The van der Waals surface area contributed by atoms with Gasteiger partial charge in [-0.25, -0.2) is 9.79 Å². The number of para-hydroxylation sites is 1. The van der Waals surface area contributed by atoms with Crippen molar-refractivity contribution in [3.63, 3.8) is 0 Å². The molecule has 3 N–H and O–H groups in total. The van der Waals surface area contributed by atoms with E-state index < -0.39 is 28.0 Å². The highest BCUT2D eigenvalue weighted by Gasteiger charge is 2.20. The van der Waals surface area contributed by atoms with Crippen molar-refractivity contribution >= 4 is 45.4 Å². The first-order valence-electron chi connectivity index (χ1n) is 10.2. The molecule has 0 saturated heterocycles. The molecule has 0 spiro atoms. The third-order valence-electron chi connectivity index (χ3n) is 3.81. The van der Waals surface area contributed by atoms with E-state index in [1.165, 1.54) is 38.1 Å². The van der Waals surface area contributed by atoms with Crippen LogP contribution in [-0.2, 0) is 24.4 Å². The number of guanidine groups is 1. The quantitative estimate of drug-likeness (QED) is 0.306. The second-order valence-corrected chi connectivity index (χ2v) is 9.02. The maximum absolute atomic E-state index is 12.8. The van der Waals surface area contributed by atoms with Gasteiger partial charge in [0.25, 0.3) is 0 Å². The number of nitrogens with one attached hydrogen (secondary N) is 3. The Labute approximate surface area is 197 Å².